The Kier molecular flexibility index (Phi) is 5.26. The molecule has 4 heteroatoms. The van der Waals surface area contributed by atoms with Crippen molar-refractivity contribution in [3.8, 4) is 0 Å². The Morgan fingerprint density at radius 1 is 1.25 bits per heavy atom. The van der Waals surface area contributed by atoms with Crippen LogP contribution in [0.1, 0.15) is 21.5 Å². The first-order valence-electron chi connectivity index (χ1n) is 6.25. The van der Waals surface area contributed by atoms with Gasteiger partial charge in [-0.05, 0) is 54.6 Å². The molecule has 0 fully saturated rings. The number of thioether (sulfide) groups is 1. The van der Waals surface area contributed by atoms with E-state index >= 15 is 0 Å². The summed E-state index contributed by atoms with van der Waals surface area (Å²) < 4.78 is 1.04. The van der Waals surface area contributed by atoms with Gasteiger partial charge < -0.3 is 5.32 Å². The predicted octanol–water partition coefficient (Wildman–Crippen LogP) is 4.87. The second-order valence-corrected chi connectivity index (χ2v) is 6.27. The molecule has 0 bridgehead atoms. The number of carbonyl (C=O) groups is 1. The summed E-state index contributed by atoms with van der Waals surface area (Å²) in [7, 11) is 0. The second-order valence-electron chi connectivity index (χ2n) is 4.55. The molecule has 2 aromatic carbocycles. The first kappa shape index (κ1) is 15.1. The average Bonchev–Trinajstić information content (AvgIpc) is 2.43. The predicted molar refractivity (Wildman–Crippen MR) is 90.5 cm³/mol. The van der Waals surface area contributed by atoms with Crippen LogP contribution in [0.25, 0.3) is 0 Å². The molecule has 0 aromatic heterocycles. The molecule has 2 rings (SSSR count). The van der Waals surface area contributed by atoms with E-state index in [1.165, 1.54) is 0 Å². The molecule has 2 aromatic rings. The van der Waals surface area contributed by atoms with Crippen molar-refractivity contribution in [3.63, 3.8) is 0 Å². The van der Waals surface area contributed by atoms with Gasteiger partial charge in [-0.2, -0.15) is 11.8 Å². The number of amides is 1. The third-order valence-corrected chi connectivity index (χ3v) is 4.43. The summed E-state index contributed by atoms with van der Waals surface area (Å²) in [6.07, 6.45) is 2.05. The van der Waals surface area contributed by atoms with Crippen molar-refractivity contribution < 1.29 is 4.79 Å². The molecule has 1 amide bonds. The van der Waals surface area contributed by atoms with Crippen molar-refractivity contribution in [3.05, 3.63) is 63.6 Å². The summed E-state index contributed by atoms with van der Waals surface area (Å²) in [5.41, 5.74) is 3.76. The van der Waals surface area contributed by atoms with E-state index in [0.29, 0.717) is 5.56 Å². The van der Waals surface area contributed by atoms with Gasteiger partial charge in [-0.15, -0.1) is 0 Å². The second kappa shape index (κ2) is 6.95. The van der Waals surface area contributed by atoms with E-state index < -0.39 is 0 Å². The highest BCUT2D eigenvalue weighted by atomic mass is 79.9. The van der Waals surface area contributed by atoms with Gasteiger partial charge in [-0.3, -0.25) is 4.79 Å². The molecular formula is C16H16BrNOS. The topological polar surface area (TPSA) is 29.1 Å². The molecule has 0 spiro atoms. The van der Waals surface area contributed by atoms with Crippen LogP contribution in [0.5, 0.6) is 0 Å². The van der Waals surface area contributed by atoms with E-state index in [1.54, 1.807) is 11.8 Å². The highest BCUT2D eigenvalue weighted by molar-refractivity contribution is 9.10. The minimum absolute atomic E-state index is 0.0744. The summed E-state index contributed by atoms with van der Waals surface area (Å²) in [6, 6.07) is 13.5. The first-order valence-corrected chi connectivity index (χ1v) is 8.44. The largest absolute Gasteiger partial charge is 0.322 e. The summed E-state index contributed by atoms with van der Waals surface area (Å²) in [6.45, 7) is 2.00. The lowest BCUT2D eigenvalue weighted by Gasteiger charge is -2.08. The molecule has 0 unspecified atom stereocenters. The number of rotatable bonds is 4. The summed E-state index contributed by atoms with van der Waals surface area (Å²) in [5.74, 6) is 0.841. The number of hydrogen-bond acceptors (Lipinski definition) is 2. The van der Waals surface area contributed by atoms with E-state index in [4.69, 9.17) is 0 Å². The molecule has 2 nitrogen and oxygen atoms in total. The van der Waals surface area contributed by atoms with Gasteiger partial charge in [0.05, 0.1) is 0 Å². The molecule has 20 heavy (non-hydrogen) atoms. The molecule has 0 aliphatic heterocycles. The molecule has 0 radical (unpaired) electrons. The van der Waals surface area contributed by atoms with E-state index in [1.807, 2.05) is 49.4 Å². The molecule has 104 valence electrons. The number of nitrogens with one attached hydrogen (secondary N) is 1. The lowest BCUT2D eigenvalue weighted by molar-refractivity contribution is 0.102. The van der Waals surface area contributed by atoms with Crippen LogP contribution < -0.4 is 5.32 Å². The first-order chi connectivity index (χ1) is 9.60. The fraction of sp³-hybridized carbons (Fsp3) is 0.188. The quantitative estimate of drug-likeness (QED) is 0.852. The third-order valence-electron chi connectivity index (χ3n) is 2.92. The van der Waals surface area contributed by atoms with E-state index in [2.05, 4.69) is 27.5 Å². The minimum Gasteiger partial charge on any atom is -0.322 e. The highest BCUT2D eigenvalue weighted by Gasteiger charge is 2.07. The van der Waals surface area contributed by atoms with E-state index in [9.17, 15) is 4.79 Å². The van der Waals surface area contributed by atoms with Crippen LogP contribution in [-0.4, -0.2) is 12.2 Å². The number of aryl methyl sites for hydroxylation is 1. The van der Waals surface area contributed by atoms with Gasteiger partial charge in [-0.1, -0.05) is 28.1 Å². The molecular weight excluding hydrogens is 334 g/mol. The SMILES string of the molecule is CSCc1cccc(C(=O)Nc2ccc(Br)c(C)c2)c1. The lowest BCUT2D eigenvalue weighted by Crippen LogP contribution is -2.12. The normalized spacial score (nSPS) is 10.3. The van der Waals surface area contributed by atoms with Gasteiger partial charge in [-0.25, -0.2) is 0 Å². The third kappa shape index (κ3) is 3.87. The zero-order valence-corrected chi connectivity index (χ0v) is 13.8. The van der Waals surface area contributed by atoms with Crippen LogP contribution >= 0.6 is 27.7 Å². The number of halogens is 1. The van der Waals surface area contributed by atoms with Gasteiger partial charge in [0.2, 0.25) is 0 Å². The number of hydrogen-bond donors (Lipinski definition) is 1. The Labute approximate surface area is 132 Å². The zero-order chi connectivity index (χ0) is 14.5. The van der Waals surface area contributed by atoms with Crippen molar-refractivity contribution in [2.24, 2.45) is 0 Å². The van der Waals surface area contributed by atoms with Gasteiger partial charge in [0.15, 0.2) is 0 Å². The monoisotopic (exact) mass is 349 g/mol. The molecule has 0 aliphatic rings. The van der Waals surface area contributed by atoms with Gasteiger partial charge in [0, 0.05) is 21.5 Å². The summed E-state index contributed by atoms with van der Waals surface area (Å²) in [4.78, 5) is 12.2. The Morgan fingerprint density at radius 3 is 2.75 bits per heavy atom. The van der Waals surface area contributed by atoms with E-state index in [0.717, 1.165) is 27.0 Å². The fourth-order valence-electron chi connectivity index (χ4n) is 1.89. The van der Waals surface area contributed by atoms with Crippen molar-refractivity contribution in [2.75, 3.05) is 11.6 Å². The molecule has 0 saturated carbocycles. The Bertz CT molecular complexity index is 628. The van der Waals surface area contributed by atoms with Gasteiger partial charge in [0.1, 0.15) is 0 Å². The van der Waals surface area contributed by atoms with Crippen LogP contribution in [0.4, 0.5) is 5.69 Å². The molecule has 1 N–H and O–H groups in total. The fourth-order valence-corrected chi connectivity index (χ4v) is 2.65. The average molecular weight is 350 g/mol. The summed E-state index contributed by atoms with van der Waals surface area (Å²) in [5, 5.41) is 2.93. The number of benzene rings is 2. The van der Waals surface area contributed by atoms with Crippen LogP contribution in [0.3, 0.4) is 0 Å². The van der Waals surface area contributed by atoms with Crippen LogP contribution in [-0.2, 0) is 5.75 Å². The van der Waals surface area contributed by atoms with E-state index in [-0.39, 0.29) is 5.91 Å². The Morgan fingerprint density at radius 2 is 2.05 bits per heavy atom. The maximum absolute atomic E-state index is 12.2. The van der Waals surface area contributed by atoms with Crippen molar-refractivity contribution in [2.45, 2.75) is 12.7 Å². The molecule has 0 aliphatic carbocycles. The van der Waals surface area contributed by atoms with Crippen LogP contribution in [0, 0.1) is 6.92 Å². The smallest absolute Gasteiger partial charge is 0.255 e. The maximum Gasteiger partial charge on any atom is 0.255 e. The Hall–Kier alpha value is -1.26. The Balaban J connectivity index is 2.15. The van der Waals surface area contributed by atoms with Crippen molar-refractivity contribution in [1.29, 1.82) is 0 Å². The van der Waals surface area contributed by atoms with Crippen molar-refractivity contribution >= 4 is 39.3 Å². The molecule has 0 atom stereocenters. The van der Waals surface area contributed by atoms with Crippen LogP contribution in [0.2, 0.25) is 0 Å². The minimum atomic E-state index is -0.0744. The lowest BCUT2D eigenvalue weighted by atomic mass is 10.1. The molecule has 0 heterocycles. The van der Waals surface area contributed by atoms with Gasteiger partial charge in [0.25, 0.3) is 5.91 Å². The number of anilines is 1. The van der Waals surface area contributed by atoms with Gasteiger partial charge >= 0.3 is 0 Å². The molecule has 0 saturated heterocycles. The van der Waals surface area contributed by atoms with Crippen molar-refractivity contribution in [1.82, 2.24) is 0 Å². The standard InChI is InChI=1S/C16H16BrNOS/c1-11-8-14(6-7-15(11)17)18-16(19)13-5-3-4-12(9-13)10-20-2/h3-9H,10H2,1-2H3,(H,18,19). The highest BCUT2D eigenvalue weighted by Crippen LogP contribution is 2.20. The zero-order valence-electron chi connectivity index (χ0n) is 11.4. The maximum atomic E-state index is 12.2. The summed E-state index contributed by atoms with van der Waals surface area (Å²) >= 11 is 5.20. The number of carbonyl (C=O) groups excluding carboxylic acids is 1. The van der Waals surface area contributed by atoms with Crippen LogP contribution in [0.15, 0.2) is 46.9 Å².